The molecule has 5 aromatic rings. The summed E-state index contributed by atoms with van der Waals surface area (Å²) in [4.78, 5) is 26.1. The number of carbonyl (C=O) groups excluding carboxylic acids is 2. The van der Waals surface area contributed by atoms with Gasteiger partial charge in [0.25, 0.3) is 11.8 Å². The number of halogens is 1. The van der Waals surface area contributed by atoms with Gasteiger partial charge in [0.1, 0.15) is 17.2 Å². The van der Waals surface area contributed by atoms with Gasteiger partial charge in [-0.1, -0.05) is 50.2 Å². The standard InChI is InChI=1S/C33H29FN2O3/c1-20(2)19-36-32(37)26-16-24(21-7-5-4-6-8-21)15-25(17-26)23-11-14-29-28(18-23)30(33(38)35-3)31(39-29)22-9-12-27(34)13-10-22/h4-18,20H,19H2,1-3H3,(H,35,38)(H,36,37). The zero-order chi connectivity index (χ0) is 27.5. The number of hydrogen-bond acceptors (Lipinski definition) is 3. The van der Waals surface area contributed by atoms with Crippen LogP contribution < -0.4 is 10.6 Å². The second-order valence-electron chi connectivity index (χ2n) is 9.87. The molecular formula is C33H29FN2O3. The molecule has 2 N–H and O–H groups in total. The zero-order valence-electron chi connectivity index (χ0n) is 22.0. The van der Waals surface area contributed by atoms with Crippen LogP contribution >= 0.6 is 0 Å². The van der Waals surface area contributed by atoms with Gasteiger partial charge in [-0.2, -0.15) is 0 Å². The molecule has 0 bridgehead atoms. The van der Waals surface area contributed by atoms with Crippen LogP contribution in [0.1, 0.15) is 34.6 Å². The Morgan fingerprint density at radius 3 is 2.10 bits per heavy atom. The molecule has 0 spiro atoms. The van der Waals surface area contributed by atoms with Crippen molar-refractivity contribution in [3.05, 3.63) is 108 Å². The number of nitrogens with one attached hydrogen (secondary N) is 2. The maximum atomic E-state index is 13.6. The van der Waals surface area contributed by atoms with Crippen LogP contribution in [-0.4, -0.2) is 25.4 Å². The van der Waals surface area contributed by atoms with Crippen LogP contribution in [0.15, 0.2) is 95.4 Å². The largest absolute Gasteiger partial charge is 0.455 e. The molecule has 0 unspecified atom stereocenters. The molecule has 0 saturated heterocycles. The van der Waals surface area contributed by atoms with E-state index in [0.29, 0.717) is 45.9 Å². The molecule has 0 atom stereocenters. The van der Waals surface area contributed by atoms with Crippen molar-refractivity contribution in [1.29, 1.82) is 0 Å². The van der Waals surface area contributed by atoms with Gasteiger partial charge in [0.15, 0.2) is 0 Å². The number of rotatable bonds is 7. The smallest absolute Gasteiger partial charge is 0.255 e. The Morgan fingerprint density at radius 2 is 1.44 bits per heavy atom. The van der Waals surface area contributed by atoms with Gasteiger partial charge in [-0.25, -0.2) is 4.39 Å². The Morgan fingerprint density at radius 1 is 0.769 bits per heavy atom. The van der Waals surface area contributed by atoms with Gasteiger partial charge in [0, 0.05) is 30.1 Å². The fourth-order valence-electron chi connectivity index (χ4n) is 4.55. The lowest BCUT2D eigenvalue weighted by molar-refractivity contribution is 0.0945. The molecule has 6 heteroatoms. The molecule has 0 saturated carbocycles. The number of hydrogen-bond donors (Lipinski definition) is 2. The number of fused-ring (bicyclic) bond motifs is 1. The van der Waals surface area contributed by atoms with Crippen LogP contribution in [0.4, 0.5) is 4.39 Å². The summed E-state index contributed by atoms with van der Waals surface area (Å²) in [5.74, 6) is -0.125. The molecule has 4 aromatic carbocycles. The summed E-state index contributed by atoms with van der Waals surface area (Å²) < 4.78 is 19.7. The quantitative estimate of drug-likeness (QED) is 0.236. The number of furan rings is 1. The van der Waals surface area contributed by atoms with Crippen LogP contribution in [0.5, 0.6) is 0 Å². The predicted octanol–water partition coefficient (Wildman–Crippen LogP) is 7.32. The highest BCUT2D eigenvalue weighted by Gasteiger charge is 2.22. The fraction of sp³-hybridized carbons (Fsp3) is 0.152. The summed E-state index contributed by atoms with van der Waals surface area (Å²) in [5, 5.41) is 6.33. The van der Waals surface area contributed by atoms with E-state index in [0.717, 1.165) is 22.3 Å². The van der Waals surface area contributed by atoms with E-state index in [1.165, 1.54) is 12.1 Å². The second kappa shape index (κ2) is 11.0. The number of carbonyl (C=O) groups is 2. The number of benzene rings is 4. The molecule has 39 heavy (non-hydrogen) atoms. The Balaban J connectivity index is 1.66. The summed E-state index contributed by atoms with van der Waals surface area (Å²) in [6, 6.07) is 27.2. The maximum Gasteiger partial charge on any atom is 0.255 e. The van der Waals surface area contributed by atoms with E-state index in [1.54, 1.807) is 19.2 Å². The van der Waals surface area contributed by atoms with E-state index in [1.807, 2.05) is 66.7 Å². The van der Waals surface area contributed by atoms with Crippen molar-refractivity contribution in [2.24, 2.45) is 5.92 Å². The first kappa shape index (κ1) is 25.9. The summed E-state index contributed by atoms with van der Waals surface area (Å²) in [7, 11) is 1.56. The summed E-state index contributed by atoms with van der Waals surface area (Å²) in [6.07, 6.45) is 0. The lowest BCUT2D eigenvalue weighted by Crippen LogP contribution is -2.27. The van der Waals surface area contributed by atoms with Crippen LogP contribution in [0, 0.1) is 11.7 Å². The van der Waals surface area contributed by atoms with Crippen LogP contribution in [0.2, 0.25) is 0 Å². The minimum atomic E-state index is -0.370. The Labute approximate surface area is 226 Å². The third-order valence-corrected chi connectivity index (χ3v) is 6.56. The van der Waals surface area contributed by atoms with Gasteiger partial charge in [0.05, 0.1) is 5.56 Å². The van der Waals surface area contributed by atoms with Crippen molar-refractivity contribution in [2.75, 3.05) is 13.6 Å². The van der Waals surface area contributed by atoms with Gasteiger partial charge in [-0.15, -0.1) is 0 Å². The highest BCUT2D eigenvalue weighted by Crippen LogP contribution is 2.37. The first-order valence-electron chi connectivity index (χ1n) is 12.9. The lowest BCUT2D eigenvalue weighted by Gasteiger charge is -2.12. The topological polar surface area (TPSA) is 71.3 Å². The van der Waals surface area contributed by atoms with Gasteiger partial charge in [-0.05, 0) is 82.8 Å². The first-order chi connectivity index (χ1) is 18.8. The van der Waals surface area contributed by atoms with E-state index in [-0.39, 0.29) is 17.6 Å². The van der Waals surface area contributed by atoms with E-state index < -0.39 is 0 Å². The van der Waals surface area contributed by atoms with E-state index in [4.69, 9.17) is 4.42 Å². The van der Waals surface area contributed by atoms with Crippen LogP contribution in [0.25, 0.3) is 44.5 Å². The molecule has 2 amide bonds. The molecule has 0 aliphatic rings. The monoisotopic (exact) mass is 520 g/mol. The lowest BCUT2D eigenvalue weighted by atomic mass is 9.94. The van der Waals surface area contributed by atoms with Crippen molar-refractivity contribution in [1.82, 2.24) is 10.6 Å². The van der Waals surface area contributed by atoms with Crippen molar-refractivity contribution in [3.63, 3.8) is 0 Å². The van der Waals surface area contributed by atoms with E-state index in [9.17, 15) is 14.0 Å². The first-order valence-corrected chi connectivity index (χ1v) is 12.9. The minimum absolute atomic E-state index is 0.142. The normalized spacial score (nSPS) is 11.1. The van der Waals surface area contributed by atoms with E-state index in [2.05, 4.69) is 24.5 Å². The number of amides is 2. The van der Waals surface area contributed by atoms with Gasteiger partial charge >= 0.3 is 0 Å². The Bertz CT molecular complexity index is 1650. The molecule has 0 fully saturated rings. The van der Waals surface area contributed by atoms with Gasteiger partial charge < -0.3 is 15.1 Å². The molecule has 5 nitrogen and oxygen atoms in total. The fourth-order valence-corrected chi connectivity index (χ4v) is 4.55. The Kier molecular flexibility index (Phi) is 7.28. The highest BCUT2D eigenvalue weighted by atomic mass is 19.1. The second-order valence-corrected chi connectivity index (χ2v) is 9.87. The maximum absolute atomic E-state index is 13.6. The molecular weight excluding hydrogens is 491 g/mol. The SMILES string of the molecule is CNC(=O)c1c(-c2ccc(F)cc2)oc2ccc(-c3cc(C(=O)NCC(C)C)cc(-c4ccccc4)c3)cc12. The third-order valence-electron chi connectivity index (χ3n) is 6.56. The third kappa shape index (κ3) is 5.46. The van der Waals surface area contributed by atoms with Crippen LogP contribution in [0.3, 0.4) is 0 Å². The predicted molar refractivity (Wildman–Crippen MR) is 153 cm³/mol. The van der Waals surface area contributed by atoms with Crippen molar-refractivity contribution in [2.45, 2.75) is 13.8 Å². The summed E-state index contributed by atoms with van der Waals surface area (Å²) in [5.41, 5.74) is 5.62. The molecule has 5 rings (SSSR count). The van der Waals surface area contributed by atoms with Crippen molar-refractivity contribution in [3.8, 4) is 33.6 Å². The van der Waals surface area contributed by atoms with E-state index >= 15 is 0 Å². The molecule has 0 aliphatic carbocycles. The van der Waals surface area contributed by atoms with Gasteiger partial charge in [0.2, 0.25) is 0 Å². The zero-order valence-corrected chi connectivity index (χ0v) is 22.0. The molecule has 196 valence electrons. The van der Waals surface area contributed by atoms with Crippen molar-refractivity contribution >= 4 is 22.8 Å². The summed E-state index contributed by atoms with van der Waals surface area (Å²) in [6.45, 7) is 4.68. The molecule has 0 aliphatic heterocycles. The minimum Gasteiger partial charge on any atom is -0.455 e. The highest BCUT2D eigenvalue weighted by molar-refractivity contribution is 6.12. The molecule has 0 radical (unpaired) electrons. The van der Waals surface area contributed by atoms with Gasteiger partial charge in [-0.3, -0.25) is 9.59 Å². The molecule has 1 aromatic heterocycles. The van der Waals surface area contributed by atoms with Crippen LogP contribution in [-0.2, 0) is 0 Å². The Hall–Kier alpha value is -4.71. The summed E-state index contributed by atoms with van der Waals surface area (Å²) >= 11 is 0. The van der Waals surface area contributed by atoms with Crippen molar-refractivity contribution < 1.29 is 18.4 Å². The average Bonchev–Trinajstić information content (AvgIpc) is 3.35. The molecule has 1 heterocycles. The average molecular weight is 521 g/mol.